The van der Waals surface area contributed by atoms with Crippen LogP contribution in [0.15, 0.2) is 18.2 Å². The maximum Gasteiger partial charge on any atom is 0.254 e. The molecule has 0 bridgehead atoms. The highest BCUT2D eigenvalue weighted by molar-refractivity contribution is 6.32. The summed E-state index contributed by atoms with van der Waals surface area (Å²) >= 11 is 11.7. The number of aromatic hydroxyl groups is 1. The summed E-state index contributed by atoms with van der Waals surface area (Å²) in [6.07, 6.45) is -0.183. The van der Waals surface area contributed by atoms with E-state index in [9.17, 15) is 9.90 Å². The molecule has 110 valence electrons. The van der Waals surface area contributed by atoms with Crippen LogP contribution in [0.3, 0.4) is 0 Å². The lowest BCUT2D eigenvalue weighted by Crippen LogP contribution is -2.55. The summed E-state index contributed by atoms with van der Waals surface area (Å²) in [5.74, 6) is 0.159. The van der Waals surface area contributed by atoms with Gasteiger partial charge in [-0.15, -0.1) is 11.6 Å². The van der Waals surface area contributed by atoms with Crippen LogP contribution in [-0.2, 0) is 4.74 Å². The van der Waals surface area contributed by atoms with Crippen molar-refractivity contribution < 1.29 is 14.6 Å². The van der Waals surface area contributed by atoms with Crippen molar-refractivity contribution in [1.82, 2.24) is 4.90 Å². The van der Waals surface area contributed by atoms with Crippen LogP contribution in [-0.4, -0.2) is 46.6 Å². The summed E-state index contributed by atoms with van der Waals surface area (Å²) in [5, 5.41) is 9.57. The van der Waals surface area contributed by atoms with Crippen LogP contribution in [0.4, 0.5) is 0 Å². The Morgan fingerprint density at radius 3 is 2.85 bits per heavy atom. The van der Waals surface area contributed by atoms with E-state index in [0.29, 0.717) is 24.5 Å². The average Bonchev–Trinajstić information content (AvgIpc) is 2.39. The zero-order chi connectivity index (χ0) is 14.9. The second-order valence-electron chi connectivity index (χ2n) is 5.51. The van der Waals surface area contributed by atoms with E-state index in [1.54, 1.807) is 11.0 Å². The number of carbonyl (C=O) groups is 1. The quantitative estimate of drug-likeness (QED) is 0.853. The Kier molecular flexibility index (Phi) is 4.47. The van der Waals surface area contributed by atoms with Crippen molar-refractivity contribution in [2.24, 2.45) is 0 Å². The predicted octanol–water partition coefficient (Wildman–Crippen LogP) is 2.90. The summed E-state index contributed by atoms with van der Waals surface area (Å²) in [5.41, 5.74) is 0.00703. The summed E-state index contributed by atoms with van der Waals surface area (Å²) in [4.78, 5) is 14.2. The molecule has 2 rings (SSSR count). The zero-order valence-electron chi connectivity index (χ0n) is 11.4. The number of ether oxygens (including phenoxy) is 1. The van der Waals surface area contributed by atoms with Crippen molar-refractivity contribution in [3.63, 3.8) is 0 Å². The van der Waals surface area contributed by atoms with E-state index in [1.165, 1.54) is 12.1 Å². The van der Waals surface area contributed by atoms with E-state index in [4.69, 9.17) is 27.9 Å². The molecule has 0 aromatic heterocycles. The molecule has 1 atom stereocenters. The van der Waals surface area contributed by atoms with Gasteiger partial charge in [-0.05, 0) is 32.0 Å². The van der Waals surface area contributed by atoms with Crippen molar-refractivity contribution in [2.75, 3.05) is 19.0 Å². The number of phenolic OH excluding ortho intramolecular Hbond substituents is 1. The normalized spacial score (nSPS) is 21.8. The first-order valence-electron chi connectivity index (χ1n) is 6.34. The number of alkyl halides is 1. The van der Waals surface area contributed by atoms with E-state index in [2.05, 4.69) is 0 Å². The second kappa shape index (κ2) is 5.80. The lowest BCUT2D eigenvalue weighted by molar-refractivity contribution is -0.117. The number of phenols is 1. The minimum atomic E-state index is -0.436. The van der Waals surface area contributed by atoms with Crippen LogP contribution in [0, 0.1) is 0 Å². The minimum absolute atomic E-state index is 0.0378. The Hall–Kier alpha value is -0.970. The average molecular weight is 318 g/mol. The van der Waals surface area contributed by atoms with Crippen LogP contribution in [0.25, 0.3) is 0 Å². The third kappa shape index (κ3) is 3.37. The van der Waals surface area contributed by atoms with Gasteiger partial charge in [0.25, 0.3) is 5.91 Å². The zero-order valence-corrected chi connectivity index (χ0v) is 12.9. The maximum atomic E-state index is 12.5. The van der Waals surface area contributed by atoms with Gasteiger partial charge in [0.05, 0.1) is 22.6 Å². The lowest BCUT2D eigenvalue weighted by atomic mass is 10.0. The number of amides is 1. The molecule has 1 unspecified atom stereocenters. The molecule has 0 saturated carbocycles. The summed E-state index contributed by atoms with van der Waals surface area (Å²) in [6.45, 7) is 4.79. The molecule has 1 aliphatic rings. The predicted molar refractivity (Wildman–Crippen MR) is 78.7 cm³/mol. The monoisotopic (exact) mass is 317 g/mol. The highest BCUT2D eigenvalue weighted by Gasteiger charge is 2.35. The van der Waals surface area contributed by atoms with E-state index in [-0.39, 0.29) is 22.8 Å². The van der Waals surface area contributed by atoms with Gasteiger partial charge in [-0.3, -0.25) is 4.79 Å². The molecule has 1 fully saturated rings. The number of carbonyl (C=O) groups excluding carboxylic acids is 1. The molecular weight excluding hydrogens is 301 g/mol. The fraction of sp³-hybridized carbons (Fsp3) is 0.500. The van der Waals surface area contributed by atoms with Crippen LogP contribution in [0.2, 0.25) is 5.02 Å². The smallest absolute Gasteiger partial charge is 0.254 e. The van der Waals surface area contributed by atoms with Crippen molar-refractivity contribution in [1.29, 1.82) is 0 Å². The third-order valence-electron chi connectivity index (χ3n) is 3.14. The molecule has 0 aliphatic carbocycles. The first-order valence-corrected chi connectivity index (χ1v) is 7.25. The van der Waals surface area contributed by atoms with Gasteiger partial charge in [-0.2, -0.15) is 0 Å². The molecule has 1 N–H and O–H groups in total. The van der Waals surface area contributed by atoms with E-state index >= 15 is 0 Å². The molecule has 20 heavy (non-hydrogen) atoms. The van der Waals surface area contributed by atoms with Gasteiger partial charge in [0.15, 0.2) is 0 Å². The Morgan fingerprint density at radius 1 is 1.55 bits per heavy atom. The number of benzene rings is 1. The molecule has 1 aromatic rings. The fourth-order valence-electron chi connectivity index (χ4n) is 2.35. The molecule has 1 aromatic carbocycles. The molecular formula is C14H17Cl2NO3. The SMILES string of the molecule is CC1(C)CN(C(=O)c2ccc(O)c(Cl)c2)CC(CCl)O1. The fourth-order valence-corrected chi connectivity index (χ4v) is 2.69. The summed E-state index contributed by atoms with van der Waals surface area (Å²) < 4.78 is 5.79. The largest absolute Gasteiger partial charge is 0.506 e. The molecule has 1 saturated heterocycles. The van der Waals surface area contributed by atoms with Crippen molar-refractivity contribution in [3.8, 4) is 5.75 Å². The highest BCUT2D eigenvalue weighted by Crippen LogP contribution is 2.27. The van der Waals surface area contributed by atoms with Gasteiger partial charge in [-0.25, -0.2) is 0 Å². The summed E-state index contributed by atoms with van der Waals surface area (Å²) in [7, 11) is 0. The lowest BCUT2D eigenvalue weighted by Gasteiger charge is -2.42. The van der Waals surface area contributed by atoms with Gasteiger partial charge in [0.2, 0.25) is 0 Å². The molecule has 0 spiro atoms. The van der Waals surface area contributed by atoms with Crippen molar-refractivity contribution >= 4 is 29.1 Å². The standard InChI is InChI=1S/C14H17Cl2NO3/c1-14(2)8-17(7-10(6-15)20-14)13(19)9-3-4-12(18)11(16)5-9/h3-5,10,18H,6-8H2,1-2H3. The molecule has 4 nitrogen and oxygen atoms in total. The Labute approximate surface area is 128 Å². The number of morpholine rings is 1. The summed E-state index contributed by atoms with van der Waals surface area (Å²) in [6, 6.07) is 4.44. The molecule has 0 radical (unpaired) electrons. The van der Waals surface area contributed by atoms with Gasteiger partial charge in [-0.1, -0.05) is 11.6 Å². The first-order chi connectivity index (χ1) is 9.32. The molecule has 6 heteroatoms. The number of halogens is 2. The van der Waals surface area contributed by atoms with Crippen molar-refractivity contribution in [2.45, 2.75) is 25.6 Å². The second-order valence-corrected chi connectivity index (χ2v) is 6.22. The number of hydrogen-bond acceptors (Lipinski definition) is 3. The van der Waals surface area contributed by atoms with E-state index in [1.807, 2.05) is 13.8 Å². The van der Waals surface area contributed by atoms with Crippen molar-refractivity contribution in [3.05, 3.63) is 28.8 Å². The number of rotatable bonds is 2. The minimum Gasteiger partial charge on any atom is -0.506 e. The Morgan fingerprint density at radius 2 is 2.25 bits per heavy atom. The van der Waals surface area contributed by atoms with Gasteiger partial charge < -0.3 is 14.7 Å². The third-order valence-corrected chi connectivity index (χ3v) is 3.78. The van der Waals surface area contributed by atoms with Gasteiger partial charge in [0, 0.05) is 18.7 Å². The Balaban J connectivity index is 2.21. The molecule has 1 amide bonds. The number of hydrogen-bond donors (Lipinski definition) is 1. The highest BCUT2D eigenvalue weighted by atomic mass is 35.5. The molecule has 1 heterocycles. The number of nitrogens with zero attached hydrogens (tertiary/aromatic N) is 1. The van der Waals surface area contributed by atoms with Gasteiger partial charge in [0.1, 0.15) is 5.75 Å². The maximum absolute atomic E-state index is 12.5. The van der Waals surface area contributed by atoms with Gasteiger partial charge >= 0.3 is 0 Å². The topological polar surface area (TPSA) is 49.8 Å². The first kappa shape index (κ1) is 15.4. The van der Waals surface area contributed by atoms with Crippen LogP contribution in [0.1, 0.15) is 24.2 Å². The Bertz CT molecular complexity index is 519. The van der Waals surface area contributed by atoms with Crippen LogP contribution in [0.5, 0.6) is 5.75 Å². The van der Waals surface area contributed by atoms with Crippen LogP contribution >= 0.6 is 23.2 Å². The molecule has 1 aliphatic heterocycles. The van der Waals surface area contributed by atoms with E-state index < -0.39 is 5.60 Å². The van der Waals surface area contributed by atoms with Crippen LogP contribution < -0.4 is 0 Å². The van der Waals surface area contributed by atoms with E-state index in [0.717, 1.165) is 0 Å².